The Labute approximate surface area is 421 Å². The van der Waals surface area contributed by atoms with Crippen LogP contribution in [-0.4, -0.2) is 79.9 Å². The van der Waals surface area contributed by atoms with Crippen LogP contribution in [0.25, 0.3) is 11.1 Å². The van der Waals surface area contributed by atoms with Crippen molar-refractivity contribution in [2.75, 3.05) is 20.3 Å². The number of pyridine rings is 2. The van der Waals surface area contributed by atoms with Crippen LogP contribution in [-0.2, 0) is 49.1 Å². The van der Waals surface area contributed by atoms with E-state index in [1.54, 1.807) is 62.2 Å². The van der Waals surface area contributed by atoms with Crippen LogP contribution in [0.15, 0.2) is 103 Å². The van der Waals surface area contributed by atoms with E-state index in [4.69, 9.17) is 42.1 Å². The summed E-state index contributed by atoms with van der Waals surface area (Å²) in [7, 11) is 1.67. The van der Waals surface area contributed by atoms with Crippen molar-refractivity contribution in [3.8, 4) is 40.2 Å². The molecule has 1 unspecified atom stereocenters. The minimum atomic E-state index is -1.63. The first kappa shape index (κ1) is 53.3. The number of hydrogen-bond acceptors (Lipinski definition) is 14. The fourth-order valence-electron chi connectivity index (χ4n) is 7.23. The van der Waals surface area contributed by atoms with Crippen molar-refractivity contribution in [3.63, 3.8) is 0 Å². The fraction of sp³-hybridized carbons (Fsp3) is 0.283. The lowest BCUT2D eigenvalue weighted by molar-refractivity contribution is -0.146. The van der Waals surface area contributed by atoms with E-state index in [-0.39, 0.29) is 49.6 Å². The van der Waals surface area contributed by atoms with Crippen LogP contribution in [0.4, 0.5) is 0 Å². The van der Waals surface area contributed by atoms with Crippen LogP contribution in [0.3, 0.4) is 0 Å². The second-order valence-electron chi connectivity index (χ2n) is 17.1. The van der Waals surface area contributed by atoms with E-state index < -0.39 is 36.2 Å². The number of nitrogens with zero attached hydrogens (tertiary/aromatic N) is 4. The molecule has 18 heteroatoms. The van der Waals surface area contributed by atoms with E-state index in [1.165, 1.54) is 20.0 Å². The van der Waals surface area contributed by atoms with Gasteiger partial charge in [0.05, 0.1) is 28.8 Å². The van der Waals surface area contributed by atoms with Crippen molar-refractivity contribution in [2.45, 2.75) is 78.3 Å². The molecule has 2 heterocycles. The Kier molecular flexibility index (Phi) is 18.1. The smallest absolute Gasteiger partial charge is 0.326 e. The Balaban J connectivity index is 1.22. The molecule has 4 aromatic carbocycles. The maximum absolute atomic E-state index is 12.0. The summed E-state index contributed by atoms with van der Waals surface area (Å²) in [6, 6.07) is 24.0. The van der Waals surface area contributed by atoms with Crippen LogP contribution in [0.5, 0.6) is 23.0 Å². The summed E-state index contributed by atoms with van der Waals surface area (Å²) in [6.45, 7) is 5.90. The fourth-order valence-corrected chi connectivity index (χ4v) is 7.71. The van der Waals surface area contributed by atoms with Gasteiger partial charge in [0.15, 0.2) is 0 Å². The van der Waals surface area contributed by atoms with Gasteiger partial charge in [-0.25, -0.2) is 0 Å². The highest BCUT2D eigenvalue weighted by molar-refractivity contribution is 6.32. The average Bonchev–Trinajstić information content (AvgIpc) is 3.36. The number of nitriles is 1. The van der Waals surface area contributed by atoms with Gasteiger partial charge in [0.1, 0.15) is 66.6 Å². The standard InChI is InChI=1S/C53H54Cl2N6O10/c1-32-38(28-70-48-16-46(68-26-36-12-34(18-56)20-58-22-36)40(14-44(48)54)24-60-52(3,30-62)50(64)65)8-6-10-42(32)43-11-7-9-39(33(43)2)29-71-49-17-47(69-27-37-13-35(19-57-5)21-59-23-37)41(15-45(49)55)25-61-53(4,31-63)51(66)67/h6-17,19-23,60-63H,24-31H2,1-5H3,(H,64,65)(H,66,67)/b57-19+/t52?,53-/m0/s1. The molecule has 0 spiro atoms. The highest BCUT2D eigenvalue weighted by Crippen LogP contribution is 2.38. The monoisotopic (exact) mass is 1000 g/mol. The third-order valence-corrected chi connectivity index (χ3v) is 12.5. The van der Waals surface area contributed by atoms with Crippen LogP contribution >= 0.6 is 23.2 Å². The lowest BCUT2D eigenvalue weighted by atomic mass is 9.92. The number of benzene rings is 4. The van der Waals surface area contributed by atoms with Gasteiger partial charge in [-0.1, -0.05) is 59.6 Å². The van der Waals surface area contributed by atoms with Crippen molar-refractivity contribution < 1.29 is 49.0 Å². The summed E-state index contributed by atoms with van der Waals surface area (Å²) in [5.74, 6) is -1.08. The van der Waals surface area contributed by atoms with E-state index in [0.29, 0.717) is 45.3 Å². The molecule has 6 rings (SSSR count). The molecule has 370 valence electrons. The molecule has 0 aliphatic carbocycles. The molecule has 6 aromatic rings. The van der Waals surface area contributed by atoms with Crippen molar-refractivity contribution in [2.24, 2.45) is 4.99 Å². The van der Waals surface area contributed by atoms with E-state index in [9.17, 15) is 35.3 Å². The number of rotatable bonds is 24. The Morgan fingerprint density at radius 1 is 0.662 bits per heavy atom. The number of carbonyl (C=O) groups is 2. The van der Waals surface area contributed by atoms with Gasteiger partial charge in [-0.05, 0) is 85.3 Å². The predicted octanol–water partition coefficient (Wildman–Crippen LogP) is 8.15. The Morgan fingerprint density at radius 2 is 1.11 bits per heavy atom. The highest BCUT2D eigenvalue weighted by atomic mass is 35.5. The Morgan fingerprint density at radius 3 is 1.55 bits per heavy atom. The van der Waals surface area contributed by atoms with Crippen LogP contribution in [0, 0.1) is 25.2 Å². The minimum Gasteiger partial charge on any atom is -0.488 e. The SMILES string of the molecule is C/N=C/c1cncc(COc2cc(OCc3cccc(-c4cccc(COc5cc(OCc6cncc(C#N)c6)c(CNC(C)(CO)C(=O)O)cc5Cl)c4C)c3C)c(Cl)cc2CN[C@@](C)(CO)C(=O)O)c1. The zero-order valence-electron chi connectivity index (χ0n) is 39.8. The van der Waals surface area contributed by atoms with E-state index >= 15 is 0 Å². The molecule has 0 saturated carbocycles. The number of carboxylic acid groups (broad SMARTS) is 2. The maximum atomic E-state index is 12.0. The Hall–Kier alpha value is -7.10. The number of aliphatic imine (C=N–C) groups is 1. The summed E-state index contributed by atoms with van der Waals surface area (Å²) in [5, 5.41) is 54.9. The molecule has 0 amide bonds. The summed E-state index contributed by atoms with van der Waals surface area (Å²) in [6.07, 6.45) is 8.06. The number of nitrogens with one attached hydrogen (secondary N) is 2. The predicted molar refractivity (Wildman–Crippen MR) is 268 cm³/mol. The Bertz CT molecular complexity index is 2970. The highest BCUT2D eigenvalue weighted by Gasteiger charge is 2.33. The number of halogens is 2. The number of aliphatic hydroxyl groups is 2. The maximum Gasteiger partial charge on any atom is 0.326 e. The lowest BCUT2D eigenvalue weighted by Gasteiger charge is -2.25. The summed E-state index contributed by atoms with van der Waals surface area (Å²) < 4.78 is 25.2. The number of ether oxygens (including phenoxy) is 4. The first-order valence-corrected chi connectivity index (χ1v) is 23.0. The quantitative estimate of drug-likeness (QED) is 0.0314. The second kappa shape index (κ2) is 24.1. The van der Waals surface area contributed by atoms with Crippen molar-refractivity contribution >= 4 is 41.4 Å². The number of aliphatic hydroxyl groups excluding tert-OH is 2. The zero-order chi connectivity index (χ0) is 51.3. The van der Waals surface area contributed by atoms with Crippen LogP contribution in [0.1, 0.15) is 69.5 Å². The van der Waals surface area contributed by atoms with E-state index in [1.807, 2.05) is 56.3 Å². The molecule has 0 fully saturated rings. The van der Waals surface area contributed by atoms with Gasteiger partial charge in [0, 0.05) is 91.1 Å². The molecular weight excluding hydrogens is 952 g/mol. The largest absolute Gasteiger partial charge is 0.488 e. The number of carboxylic acids is 2. The first-order chi connectivity index (χ1) is 34.0. The molecule has 16 nitrogen and oxygen atoms in total. The average molecular weight is 1010 g/mol. The number of aliphatic carboxylic acids is 2. The third-order valence-electron chi connectivity index (χ3n) is 11.9. The zero-order valence-corrected chi connectivity index (χ0v) is 41.3. The van der Waals surface area contributed by atoms with Gasteiger partial charge in [-0.2, -0.15) is 5.26 Å². The van der Waals surface area contributed by atoms with Crippen molar-refractivity contribution in [3.05, 3.63) is 163 Å². The van der Waals surface area contributed by atoms with E-state index in [0.717, 1.165) is 44.5 Å². The van der Waals surface area contributed by atoms with Gasteiger partial charge in [0.2, 0.25) is 0 Å². The number of hydrogen-bond donors (Lipinski definition) is 6. The molecular formula is C53H54Cl2N6O10. The van der Waals surface area contributed by atoms with Gasteiger partial charge in [-0.3, -0.25) is 35.2 Å². The minimum absolute atomic E-state index is 0.0108. The first-order valence-electron chi connectivity index (χ1n) is 22.2. The van der Waals surface area contributed by atoms with E-state index in [2.05, 4.69) is 31.7 Å². The van der Waals surface area contributed by atoms with Crippen molar-refractivity contribution in [1.29, 1.82) is 5.26 Å². The van der Waals surface area contributed by atoms with Crippen molar-refractivity contribution in [1.82, 2.24) is 20.6 Å². The lowest BCUT2D eigenvalue weighted by Crippen LogP contribution is -2.52. The molecule has 2 atom stereocenters. The third kappa shape index (κ3) is 13.4. The number of aromatic nitrogens is 2. The summed E-state index contributed by atoms with van der Waals surface area (Å²) >= 11 is 13.6. The molecule has 0 aliphatic rings. The van der Waals surface area contributed by atoms with Gasteiger partial charge in [0.25, 0.3) is 0 Å². The molecule has 6 N–H and O–H groups in total. The molecule has 0 radical (unpaired) electrons. The topological polar surface area (TPSA) is 238 Å². The van der Waals surface area contributed by atoms with Gasteiger partial charge < -0.3 is 39.4 Å². The molecule has 2 aromatic heterocycles. The molecule has 0 bridgehead atoms. The normalized spacial score (nSPS) is 13.0. The van der Waals surface area contributed by atoms with Crippen LogP contribution in [0.2, 0.25) is 10.0 Å². The second-order valence-corrected chi connectivity index (χ2v) is 17.9. The molecule has 71 heavy (non-hydrogen) atoms. The summed E-state index contributed by atoms with van der Waals surface area (Å²) in [5.41, 5.74) is 5.98. The molecule has 0 aliphatic heterocycles. The van der Waals surface area contributed by atoms with Crippen LogP contribution < -0.4 is 29.6 Å². The van der Waals surface area contributed by atoms with Gasteiger partial charge in [-0.15, -0.1) is 0 Å². The summed E-state index contributed by atoms with van der Waals surface area (Å²) in [4.78, 5) is 36.3. The van der Waals surface area contributed by atoms with Gasteiger partial charge >= 0.3 is 11.9 Å². The molecule has 0 saturated heterocycles.